The van der Waals surface area contributed by atoms with Crippen LogP contribution in [-0.4, -0.2) is 32.3 Å². The van der Waals surface area contributed by atoms with Crippen LogP contribution in [0.15, 0.2) is 18.2 Å². The first kappa shape index (κ1) is 12.5. The minimum Gasteiger partial charge on any atom is -0.453 e. The third-order valence-electron chi connectivity index (χ3n) is 2.97. The topological polar surface area (TPSA) is 67.6 Å². The largest absolute Gasteiger partial charge is 0.453 e. The lowest BCUT2D eigenvalue weighted by Gasteiger charge is -2.19. The standard InChI is InChI=1S/C12H16FN3O2/c1-18-12(17)15-10-2-3-16(7-10)11-5-8(13)4-9(14)6-11/h4-6,10H,2-3,7,14H2,1H3,(H,15,17). The predicted molar refractivity (Wildman–Crippen MR) is 67.0 cm³/mol. The molecular weight excluding hydrogens is 237 g/mol. The number of alkyl carbamates (subject to hydrolysis) is 1. The van der Waals surface area contributed by atoms with Gasteiger partial charge in [0.25, 0.3) is 0 Å². The average molecular weight is 253 g/mol. The van der Waals surface area contributed by atoms with Crippen LogP contribution >= 0.6 is 0 Å². The maximum atomic E-state index is 13.2. The second kappa shape index (κ2) is 5.12. The van der Waals surface area contributed by atoms with Gasteiger partial charge in [0.15, 0.2) is 0 Å². The third kappa shape index (κ3) is 2.82. The van der Waals surface area contributed by atoms with E-state index >= 15 is 0 Å². The second-order valence-electron chi connectivity index (χ2n) is 4.31. The fourth-order valence-corrected chi connectivity index (χ4v) is 2.12. The Balaban J connectivity index is 2.01. The van der Waals surface area contributed by atoms with Crippen LogP contribution in [-0.2, 0) is 4.74 Å². The molecule has 98 valence electrons. The summed E-state index contributed by atoms with van der Waals surface area (Å²) in [4.78, 5) is 13.1. The van der Waals surface area contributed by atoms with Crippen LogP contribution in [0.1, 0.15) is 6.42 Å². The van der Waals surface area contributed by atoms with Crippen molar-refractivity contribution >= 4 is 17.5 Å². The van der Waals surface area contributed by atoms with Crippen LogP contribution < -0.4 is 16.0 Å². The van der Waals surface area contributed by atoms with Crippen molar-refractivity contribution in [1.29, 1.82) is 0 Å². The molecule has 1 saturated heterocycles. The number of nitrogens with two attached hydrogens (primary N) is 1. The number of hydrogen-bond acceptors (Lipinski definition) is 4. The van der Waals surface area contributed by atoms with E-state index in [2.05, 4.69) is 10.1 Å². The van der Waals surface area contributed by atoms with Gasteiger partial charge in [-0.25, -0.2) is 9.18 Å². The highest BCUT2D eigenvalue weighted by Crippen LogP contribution is 2.23. The molecule has 1 aliphatic heterocycles. The normalized spacial score (nSPS) is 18.8. The molecule has 3 N–H and O–H groups in total. The second-order valence-corrected chi connectivity index (χ2v) is 4.31. The summed E-state index contributed by atoms with van der Waals surface area (Å²) in [6.07, 6.45) is 0.353. The lowest BCUT2D eigenvalue weighted by atomic mass is 10.2. The molecule has 1 unspecified atom stereocenters. The van der Waals surface area contributed by atoms with Gasteiger partial charge in [-0.05, 0) is 24.6 Å². The van der Waals surface area contributed by atoms with Gasteiger partial charge < -0.3 is 20.7 Å². The highest BCUT2D eigenvalue weighted by atomic mass is 19.1. The van der Waals surface area contributed by atoms with Crippen LogP contribution in [0.5, 0.6) is 0 Å². The molecule has 0 aromatic heterocycles. The molecule has 1 heterocycles. The number of halogens is 1. The average Bonchev–Trinajstić information content (AvgIpc) is 2.76. The number of nitrogens with zero attached hydrogens (tertiary/aromatic N) is 1. The number of amides is 1. The van der Waals surface area contributed by atoms with Crippen molar-refractivity contribution in [2.45, 2.75) is 12.5 Å². The van der Waals surface area contributed by atoms with Crippen LogP contribution in [0.4, 0.5) is 20.6 Å². The van der Waals surface area contributed by atoms with Gasteiger partial charge in [-0.15, -0.1) is 0 Å². The number of nitrogens with one attached hydrogen (secondary N) is 1. The highest BCUT2D eigenvalue weighted by molar-refractivity contribution is 5.67. The number of rotatable bonds is 2. The summed E-state index contributed by atoms with van der Waals surface area (Å²) in [5.74, 6) is -0.352. The third-order valence-corrected chi connectivity index (χ3v) is 2.97. The van der Waals surface area contributed by atoms with Crippen molar-refractivity contribution in [2.24, 2.45) is 0 Å². The van der Waals surface area contributed by atoms with E-state index in [0.29, 0.717) is 12.2 Å². The van der Waals surface area contributed by atoms with E-state index in [1.54, 1.807) is 6.07 Å². The first-order valence-electron chi connectivity index (χ1n) is 5.74. The summed E-state index contributed by atoms with van der Waals surface area (Å²) in [6, 6.07) is 4.46. The lowest BCUT2D eigenvalue weighted by Crippen LogP contribution is -2.36. The molecule has 6 heteroatoms. The first-order chi connectivity index (χ1) is 8.58. The van der Waals surface area contributed by atoms with E-state index < -0.39 is 6.09 Å². The number of nitrogen functional groups attached to an aromatic ring is 1. The van der Waals surface area contributed by atoms with Gasteiger partial charge in [0.1, 0.15) is 5.82 Å². The van der Waals surface area contributed by atoms with Crippen molar-refractivity contribution < 1.29 is 13.9 Å². The van der Waals surface area contributed by atoms with Gasteiger partial charge in [0.2, 0.25) is 0 Å². The summed E-state index contributed by atoms with van der Waals surface area (Å²) < 4.78 is 17.8. The molecule has 0 saturated carbocycles. The summed E-state index contributed by atoms with van der Waals surface area (Å²) in [7, 11) is 1.33. The maximum Gasteiger partial charge on any atom is 0.407 e. The van der Waals surface area contributed by atoms with E-state index in [9.17, 15) is 9.18 Å². The van der Waals surface area contributed by atoms with E-state index in [0.717, 1.165) is 18.7 Å². The van der Waals surface area contributed by atoms with Gasteiger partial charge in [-0.3, -0.25) is 0 Å². The molecule has 2 rings (SSSR count). The fourth-order valence-electron chi connectivity index (χ4n) is 2.12. The Morgan fingerprint density at radius 2 is 2.33 bits per heavy atom. The number of anilines is 2. The van der Waals surface area contributed by atoms with Crippen LogP contribution in [0.25, 0.3) is 0 Å². The van der Waals surface area contributed by atoms with Gasteiger partial charge in [0.05, 0.1) is 13.2 Å². The van der Waals surface area contributed by atoms with E-state index in [1.165, 1.54) is 19.2 Å². The molecule has 5 nitrogen and oxygen atoms in total. The fraction of sp³-hybridized carbons (Fsp3) is 0.417. The van der Waals surface area contributed by atoms with E-state index in [-0.39, 0.29) is 11.9 Å². The molecule has 0 radical (unpaired) electrons. The summed E-state index contributed by atoms with van der Waals surface area (Å²) >= 11 is 0. The van der Waals surface area contributed by atoms with Crippen molar-refractivity contribution in [3.8, 4) is 0 Å². The Morgan fingerprint density at radius 1 is 1.56 bits per heavy atom. The predicted octanol–water partition coefficient (Wildman–Crippen LogP) is 1.34. The Morgan fingerprint density at radius 3 is 3.00 bits per heavy atom. The van der Waals surface area contributed by atoms with E-state index in [4.69, 9.17) is 5.73 Å². The zero-order valence-corrected chi connectivity index (χ0v) is 10.1. The lowest BCUT2D eigenvalue weighted by molar-refractivity contribution is 0.167. The number of benzene rings is 1. The van der Waals surface area contributed by atoms with Crippen molar-refractivity contribution in [2.75, 3.05) is 30.8 Å². The summed E-state index contributed by atoms with van der Waals surface area (Å²) in [5.41, 5.74) is 6.74. The zero-order valence-electron chi connectivity index (χ0n) is 10.1. The van der Waals surface area contributed by atoms with E-state index in [1.807, 2.05) is 4.90 Å². The molecule has 1 aromatic carbocycles. The minimum absolute atomic E-state index is 0.0157. The molecule has 0 spiro atoms. The Bertz CT molecular complexity index is 433. The molecule has 1 amide bonds. The van der Waals surface area contributed by atoms with Gasteiger partial charge >= 0.3 is 6.09 Å². The number of carbonyl (C=O) groups is 1. The van der Waals surface area contributed by atoms with Crippen molar-refractivity contribution in [1.82, 2.24) is 5.32 Å². The molecule has 1 aromatic rings. The molecule has 1 atom stereocenters. The Hall–Kier alpha value is -1.98. The van der Waals surface area contributed by atoms with Gasteiger partial charge in [-0.2, -0.15) is 0 Å². The summed E-state index contributed by atoms with van der Waals surface area (Å²) in [5, 5.41) is 2.73. The number of carbonyl (C=O) groups excluding carboxylic acids is 1. The molecule has 0 aliphatic carbocycles. The Kier molecular flexibility index (Phi) is 3.55. The minimum atomic E-state index is -0.444. The SMILES string of the molecule is COC(=O)NC1CCN(c2cc(N)cc(F)c2)C1. The monoisotopic (exact) mass is 253 g/mol. The Labute approximate surface area is 105 Å². The molecule has 1 aliphatic rings. The molecule has 18 heavy (non-hydrogen) atoms. The number of ether oxygens (including phenoxy) is 1. The molecule has 1 fully saturated rings. The quantitative estimate of drug-likeness (QED) is 0.780. The number of methoxy groups -OCH3 is 1. The molecular formula is C12H16FN3O2. The summed E-state index contributed by atoms with van der Waals surface area (Å²) in [6.45, 7) is 1.37. The van der Waals surface area contributed by atoms with Crippen molar-refractivity contribution in [3.05, 3.63) is 24.0 Å². The maximum absolute atomic E-state index is 13.2. The molecule has 0 bridgehead atoms. The number of hydrogen-bond donors (Lipinski definition) is 2. The smallest absolute Gasteiger partial charge is 0.407 e. The van der Waals surface area contributed by atoms with Crippen molar-refractivity contribution in [3.63, 3.8) is 0 Å². The van der Waals surface area contributed by atoms with Crippen LogP contribution in [0, 0.1) is 5.82 Å². The highest BCUT2D eigenvalue weighted by Gasteiger charge is 2.24. The van der Waals surface area contributed by atoms with Gasteiger partial charge in [0, 0.05) is 24.5 Å². The van der Waals surface area contributed by atoms with Crippen LogP contribution in [0.2, 0.25) is 0 Å². The zero-order chi connectivity index (χ0) is 13.1. The van der Waals surface area contributed by atoms with Gasteiger partial charge in [-0.1, -0.05) is 0 Å². The van der Waals surface area contributed by atoms with Crippen LogP contribution in [0.3, 0.4) is 0 Å². The first-order valence-corrected chi connectivity index (χ1v) is 5.74.